The largest absolute Gasteiger partial charge is 0.384 e. The van der Waals surface area contributed by atoms with Crippen molar-refractivity contribution in [3.8, 4) is 0 Å². The van der Waals surface area contributed by atoms with E-state index < -0.39 is 4.92 Å². The van der Waals surface area contributed by atoms with Crippen LogP contribution in [0.2, 0.25) is 5.15 Å². The summed E-state index contributed by atoms with van der Waals surface area (Å²) in [5.74, 6) is 0.602. The first-order chi connectivity index (χ1) is 7.15. The zero-order chi connectivity index (χ0) is 11.3. The number of methoxy groups -OCH3 is 1. The highest BCUT2D eigenvalue weighted by atomic mass is 35.5. The normalized spacial score (nSPS) is 10.3. The Labute approximate surface area is 95.9 Å². The van der Waals surface area contributed by atoms with Crippen LogP contribution in [0.4, 0.5) is 5.69 Å². The fourth-order valence-corrected chi connectivity index (χ4v) is 1.97. The van der Waals surface area contributed by atoms with E-state index in [1.165, 1.54) is 23.9 Å². The van der Waals surface area contributed by atoms with Gasteiger partial charge in [0, 0.05) is 18.9 Å². The summed E-state index contributed by atoms with van der Waals surface area (Å²) >= 11 is 6.91. The number of nitro groups is 1. The van der Waals surface area contributed by atoms with Gasteiger partial charge in [0.05, 0.1) is 11.5 Å². The van der Waals surface area contributed by atoms with Crippen LogP contribution in [0, 0.1) is 10.1 Å². The molecule has 0 aliphatic heterocycles. The topological polar surface area (TPSA) is 65.3 Å². The van der Waals surface area contributed by atoms with E-state index in [4.69, 9.17) is 16.3 Å². The summed E-state index contributed by atoms with van der Waals surface area (Å²) in [6.45, 7) is 0.510. The molecule has 1 heterocycles. The molecule has 0 aliphatic carbocycles. The van der Waals surface area contributed by atoms with Gasteiger partial charge >= 0.3 is 5.69 Å². The minimum atomic E-state index is -0.474. The zero-order valence-corrected chi connectivity index (χ0v) is 9.55. The lowest BCUT2D eigenvalue weighted by molar-refractivity contribution is -0.388. The van der Waals surface area contributed by atoms with Gasteiger partial charge in [-0.15, -0.1) is 0 Å². The van der Waals surface area contributed by atoms with Crippen molar-refractivity contribution in [1.29, 1.82) is 0 Å². The number of thioether (sulfide) groups is 1. The molecule has 0 saturated carbocycles. The van der Waals surface area contributed by atoms with Crippen LogP contribution in [-0.2, 0) is 4.74 Å². The van der Waals surface area contributed by atoms with E-state index >= 15 is 0 Å². The highest BCUT2D eigenvalue weighted by molar-refractivity contribution is 7.99. The van der Waals surface area contributed by atoms with Crippen molar-refractivity contribution in [3.05, 3.63) is 27.4 Å². The number of hydrogen-bond donors (Lipinski definition) is 0. The molecule has 7 heteroatoms. The summed E-state index contributed by atoms with van der Waals surface area (Å²) in [5, 5.41) is 11.2. The van der Waals surface area contributed by atoms with Crippen LogP contribution in [0.3, 0.4) is 0 Å². The van der Waals surface area contributed by atoms with E-state index in [2.05, 4.69) is 4.98 Å². The zero-order valence-electron chi connectivity index (χ0n) is 7.97. The Morgan fingerprint density at radius 1 is 1.67 bits per heavy atom. The van der Waals surface area contributed by atoms with E-state index in [1.54, 1.807) is 7.11 Å². The van der Waals surface area contributed by atoms with E-state index in [9.17, 15) is 10.1 Å². The van der Waals surface area contributed by atoms with Crippen molar-refractivity contribution in [2.45, 2.75) is 5.03 Å². The van der Waals surface area contributed by atoms with Gasteiger partial charge in [-0.3, -0.25) is 10.1 Å². The van der Waals surface area contributed by atoms with Gasteiger partial charge in [0.25, 0.3) is 0 Å². The molecule has 0 N–H and O–H groups in total. The monoisotopic (exact) mass is 248 g/mol. The fourth-order valence-electron chi connectivity index (χ4n) is 0.877. The van der Waals surface area contributed by atoms with Crippen molar-refractivity contribution < 1.29 is 9.66 Å². The lowest BCUT2D eigenvalue weighted by atomic mass is 10.4. The SMILES string of the molecule is COCCSc1nc(Cl)ccc1[N+](=O)[O-]. The van der Waals surface area contributed by atoms with Crippen molar-refractivity contribution in [1.82, 2.24) is 4.98 Å². The van der Waals surface area contributed by atoms with Crippen LogP contribution in [0.5, 0.6) is 0 Å². The molecular weight excluding hydrogens is 240 g/mol. The molecule has 0 aliphatic rings. The van der Waals surface area contributed by atoms with Gasteiger partial charge in [0.1, 0.15) is 5.15 Å². The van der Waals surface area contributed by atoms with E-state index in [0.29, 0.717) is 17.4 Å². The molecule has 15 heavy (non-hydrogen) atoms. The second-order valence-electron chi connectivity index (χ2n) is 2.56. The molecule has 0 fully saturated rings. The average Bonchev–Trinajstić information content (AvgIpc) is 2.18. The van der Waals surface area contributed by atoms with E-state index in [-0.39, 0.29) is 10.8 Å². The lowest BCUT2D eigenvalue weighted by Gasteiger charge is -2.01. The number of aromatic nitrogens is 1. The van der Waals surface area contributed by atoms with Gasteiger partial charge in [0.2, 0.25) is 0 Å². The minimum absolute atomic E-state index is 0.0273. The second-order valence-corrected chi connectivity index (χ2v) is 4.03. The van der Waals surface area contributed by atoms with Gasteiger partial charge in [-0.25, -0.2) is 4.98 Å². The molecule has 0 atom stereocenters. The number of halogens is 1. The molecule has 5 nitrogen and oxygen atoms in total. The summed E-state index contributed by atoms with van der Waals surface area (Å²) in [4.78, 5) is 14.1. The molecular formula is C8H9ClN2O3S. The van der Waals surface area contributed by atoms with Crippen molar-refractivity contribution in [2.75, 3.05) is 19.5 Å². The Bertz CT molecular complexity index is 362. The third-order valence-corrected chi connectivity index (χ3v) is 2.68. The smallest absolute Gasteiger partial charge is 0.301 e. The van der Waals surface area contributed by atoms with Gasteiger partial charge in [0.15, 0.2) is 5.03 Å². The summed E-state index contributed by atoms with van der Waals surface area (Å²) in [7, 11) is 1.57. The molecule has 82 valence electrons. The van der Waals surface area contributed by atoms with Crippen molar-refractivity contribution >= 4 is 29.1 Å². The van der Waals surface area contributed by atoms with Crippen molar-refractivity contribution in [3.63, 3.8) is 0 Å². The Hall–Kier alpha value is -0.850. The van der Waals surface area contributed by atoms with Gasteiger partial charge in [-0.2, -0.15) is 0 Å². The third kappa shape index (κ3) is 3.65. The minimum Gasteiger partial charge on any atom is -0.384 e. The number of ether oxygens (including phenoxy) is 1. The molecule has 0 spiro atoms. The molecule has 1 rings (SSSR count). The maximum absolute atomic E-state index is 10.6. The van der Waals surface area contributed by atoms with Crippen LogP contribution in [0.1, 0.15) is 0 Å². The van der Waals surface area contributed by atoms with E-state index in [0.717, 1.165) is 0 Å². The molecule has 0 unspecified atom stereocenters. The van der Waals surface area contributed by atoms with E-state index in [1.807, 2.05) is 0 Å². The van der Waals surface area contributed by atoms with Gasteiger partial charge in [-0.05, 0) is 6.07 Å². The van der Waals surface area contributed by atoms with Crippen LogP contribution < -0.4 is 0 Å². The molecule has 0 amide bonds. The van der Waals surface area contributed by atoms with Crippen LogP contribution >= 0.6 is 23.4 Å². The first kappa shape index (κ1) is 12.2. The maximum Gasteiger partial charge on any atom is 0.301 e. The summed E-state index contributed by atoms with van der Waals surface area (Å²) < 4.78 is 4.84. The summed E-state index contributed by atoms with van der Waals surface area (Å²) in [5.41, 5.74) is -0.0273. The Morgan fingerprint density at radius 3 is 3.00 bits per heavy atom. The summed E-state index contributed by atoms with van der Waals surface area (Å²) in [6.07, 6.45) is 0. The standard InChI is InChI=1S/C8H9ClN2O3S/c1-14-4-5-15-8-6(11(12)13)2-3-7(9)10-8/h2-3H,4-5H2,1H3. The highest BCUT2D eigenvalue weighted by Gasteiger charge is 2.15. The molecule has 0 aromatic carbocycles. The summed E-state index contributed by atoms with van der Waals surface area (Å²) in [6, 6.07) is 2.75. The molecule has 0 radical (unpaired) electrons. The maximum atomic E-state index is 10.6. The molecule has 1 aromatic heterocycles. The second kappa shape index (κ2) is 5.89. The Morgan fingerprint density at radius 2 is 2.40 bits per heavy atom. The van der Waals surface area contributed by atoms with Crippen LogP contribution in [0.25, 0.3) is 0 Å². The average molecular weight is 249 g/mol. The fraction of sp³-hybridized carbons (Fsp3) is 0.375. The number of hydrogen-bond acceptors (Lipinski definition) is 5. The predicted octanol–water partition coefficient (Wildman–Crippen LogP) is 2.38. The number of rotatable bonds is 5. The number of nitrogens with zero attached hydrogens (tertiary/aromatic N) is 2. The molecule has 0 saturated heterocycles. The third-order valence-electron chi connectivity index (χ3n) is 1.53. The highest BCUT2D eigenvalue weighted by Crippen LogP contribution is 2.28. The van der Waals surface area contributed by atoms with Crippen molar-refractivity contribution in [2.24, 2.45) is 0 Å². The molecule has 1 aromatic rings. The number of pyridine rings is 1. The Balaban J connectivity index is 2.82. The van der Waals surface area contributed by atoms with Crippen LogP contribution in [0.15, 0.2) is 17.2 Å². The van der Waals surface area contributed by atoms with Gasteiger partial charge in [-0.1, -0.05) is 23.4 Å². The molecule has 0 bridgehead atoms. The first-order valence-corrected chi connectivity index (χ1v) is 5.44. The quantitative estimate of drug-likeness (QED) is 0.263. The Kier molecular flexibility index (Phi) is 4.80. The predicted molar refractivity (Wildman–Crippen MR) is 58.5 cm³/mol. The van der Waals surface area contributed by atoms with Crippen LogP contribution in [-0.4, -0.2) is 29.4 Å². The lowest BCUT2D eigenvalue weighted by Crippen LogP contribution is -1.97. The first-order valence-electron chi connectivity index (χ1n) is 4.08. The van der Waals surface area contributed by atoms with Gasteiger partial charge < -0.3 is 4.74 Å².